The molecule has 2 unspecified atom stereocenters. The van der Waals surface area contributed by atoms with Gasteiger partial charge in [0.2, 0.25) is 5.95 Å². The van der Waals surface area contributed by atoms with Gasteiger partial charge in [-0.25, -0.2) is 4.98 Å². The topological polar surface area (TPSA) is 46.9 Å². The Hall–Kier alpha value is -0.840. The van der Waals surface area contributed by atoms with E-state index in [1.807, 2.05) is 6.92 Å². The normalized spacial score (nSPS) is 14.9. The lowest BCUT2D eigenvalue weighted by Gasteiger charge is -2.17. The molecule has 0 amide bonds. The molecule has 0 spiro atoms. The Bertz CT molecular complexity index is 387. The van der Waals surface area contributed by atoms with E-state index in [1.165, 1.54) is 0 Å². The van der Waals surface area contributed by atoms with Gasteiger partial charge in [0.15, 0.2) is 0 Å². The number of hydrogen-bond acceptors (Lipinski definition) is 3. The first-order valence-corrected chi connectivity index (χ1v) is 7.75. The smallest absolute Gasteiger partial charge is 0.203 e. The Balaban J connectivity index is 2.64. The van der Waals surface area contributed by atoms with Gasteiger partial charge in [0, 0.05) is 41.1 Å². The van der Waals surface area contributed by atoms with Crippen molar-refractivity contribution in [2.75, 3.05) is 17.3 Å². The van der Waals surface area contributed by atoms with Gasteiger partial charge in [0.05, 0.1) is 5.69 Å². The number of imidazole rings is 1. The van der Waals surface area contributed by atoms with Crippen molar-refractivity contribution in [1.82, 2.24) is 9.55 Å². The zero-order chi connectivity index (χ0) is 13.0. The number of aromatic nitrogens is 2. The second-order valence-electron chi connectivity index (χ2n) is 4.82. The van der Waals surface area contributed by atoms with Crippen LogP contribution in [0.1, 0.15) is 38.9 Å². The fraction of sp³-hybridized carbons (Fsp3) is 0.750. The highest BCUT2D eigenvalue weighted by Gasteiger charge is 2.11. The average Bonchev–Trinajstić information content (AvgIpc) is 2.56. The highest BCUT2D eigenvalue weighted by atomic mass is 32.2. The summed E-state index contributed by atoms with van der Waals surface area (Å²) in [4.78, 5) is 4.47. The highest BCUT2D eigenvalue weighted by molar-refractivity contribution is 7.84. The molecule has 4 nitrogen and oxygen atoms in total. The minimum Gasteiger partial charge on any atom is -0.353 e. The third kappa shape index (κ3) is 4.50. The standard InChI is InChI=1S/C12H23N3OS/c1-9(2)15-8-11(4)14-12(15)13-10(3)6-7-17(5)16/h8-10H,6-7H2,1-5H3,(H,13,14). The van der Waals surface area contributed by atoms with E-state index in [4.69, 9.17) is 0 Å². The summed E-state index contributed by atoms with van der Waals surface area (Å²) in [7, 11) is -0.720. The lowest BCUT2D eigenvalue weighted by Crippen LogP contribution is -2.21. The third-order valence-electron chi connectivity index (χ3n) is 2.62. The van der Waals surface area contributed by atoms with Crippen LogP contribution in [0.4, 0.5) is 5.95 Å². The molecule has 1 aromatic heterocycles. The van der Waals surface area contributed by atoms with Crippen molar-refractivity contribution < 1.29 is 4.21 Å². The summed E-state index contributed by atoms with van der Waals surface area (Å²) in [6.45, 7) is 8.37. The van der Waals surface area contributed by atoms with Crippen molar-refractivity contribution in [2.24, 2.45) is 0 Å². The second-order valence-corrected chi connectivity index (χ2v) is 6.37. The van der Waals surface area contributed by atoms with Gasteiger partial charge in [0.25, 0.3) is 0 Å². The SMILES string of the molecule is Cc1cn(C(C)C)c(NC(C)CCS(C)=O)n1. The maximum Gasteiger partial charge on any atom is 0.203 e. The molecule has 0 saturated heterocycles. The molecule has 0 aromatic carbocycles. The van der Waals surface area contributed by atoms with E-state index in [1.54, 1.807) is 6.26 Å². The summed E-state index contributed by atoms with van der Waals surface area (Å²) < 4.78 is 13.2. The molecule has 1 heterocycles. The first kappa shape index (κ1) is 14.2. The van der Waals surface area contributed by atoms with Crippen molar-refractivity contribution in [3.8, 4) is 0 Å². The van der Waals surface area contributed by atoms with Crippen molar-refractivity contribution >= 4 is 16.7 Å². The Morgan fingerprint density at radius 3 is 2.65 bits per heavy atom. The van der Waals surface area contributed by atoms with Gasteiger partial charge in [-0.05, 0) is 34.1 Å². The Kier molecular flexibility index (Phi) is 5.18. The van der Waals surface area contributed by atoms with Gasteiger partial charge in [-0.15, -0.1) is 0 Å². The van der Waals surface area contributed by atoms with E-state index in [-0.39, 0.29) is 6.04 Å². The Morgan fingerprint density at radius 2 is 2.12 bits per heavy atom. The molecule has 0 aliphatic heterocycles. The molecular weight excluding hydrogens is 234 g/mol. The number of nitrogens with one attached hydrogen (secondary N) is 1. The number of aryl methyl sites for hydroxylation is 1. The number of nitrogens with zero attached hydrogens (tertiary/aromatic N) is 2. The van der Waals surface area contributed by atoms with Crippen LogP contribution in [0.25, 0.3) is 0 Å². The van der Waals surface area contributed by atoms with Crippen LogP contribution in [0, 0.1) is 6.92 Å². The summed E-state index contributed by atoms with van der Waals surface area (Å²) in [6, 6.07) is 0.685. The van der Waals surface area contributed by atoms with Crippen molar-refractivity contribution in [2.45, 2.75) is 46.2 Å². The highest BCUT2D eigenvalue weighted by Crippen LogP contribution is 2.16. The van der Waals surface area contributed by atoms with Crippen LogP contribution in [0.3, 0.4) is 0 Å². The van der Waals surface area contributed by atoms with Gasteiger partial charge in [0.1, 0.15) is 0 Å². The lowest BCUT2D eigenvalue weighted by atomic mass is 10.3. The zero-order valence-electron chi connectivity index (χ0n) is 11.4. The maximum absolute atomic E-state index is 11.0. The molecular formula is C12H23N3OS. The lowest BCUT2D eigenvalue weighted by molar-refractivity contribution is 0.597. The Morgan fingerprint density at radius 1 is 1.47 bits per heavy atom. The quantitative estimate of drug-likeness (QED) is 0.851. The molecule has 5 heteroatoms. The van der Waals surface area contributed by atoms with Crippen LogP contribution in [0.2, 0.25) is 0 Å². The summed E-state index contributed by atoms with van der Waals surface area (Å²) in [5, 5.41) is 3.39. The predicted molar refractivity (Wildman–Crippen MR) is 74.0 cm³/mol. The molecule has 0 saturated carbocycles. The van der Waals surface area contributed by atoms with Crippen molar-refractivity contribution in [3.05, 3.63) is 11.9 Å². The Labute approximate surface area is 106 Å². The van der Waals surface area contributed by atoms with Gasteiger partial charge in [-0.1, -0.05) is 0 Å². The monoisotopic (exact) mass is 257 g/mol. The van der Waals surface area contributed by atoms with E-state index in [0.717, 1.165) is 23.8 Å². The first-order valence-electron chi connectivity index (χ1n) is 6.02. The molecule has 98 valence electrons. The first-order chi connectivity index (χ1) is 7.90. The van der Waals surface area contributed by atoms with Gasteiger partial charge in [-0.2, -0.15) is 0 Å². The molecule has 0 fully saturated rings. The maximum atomic E-state index is 11.0. The predicted octanol–water partition coefficient (Wildman–Crippen LogP) is 2.34. The van der Waals surface area contributed by atoms with Crippen LogP contribution in [-0.2, 0) is 10.8 Å². The second kappa shape index (κ2) is 6.19. The molecule has 0 bridgehead atoms. The molecule has 1 N–H and O–H groups in total. The average molecular weight is 257 g/mol. The van der Waals surface area contributed by atoms with Crippen LogP contribution >= 0.6 is 0 Å². The van der Waals surface area contributed by atoms with E-state index >= 15 is 0 Å². The zero-order valence-corrected chi connectivity index (χ0v) is 12.2. The van der Waals surface area contributed by atoms with Crippen LogP contribution in [0.5, 0.6) is 0 Å². The molecule has 2 atom stereocenters. The fourth-order valence-corrected chi connectivity index (χ4v) is 2.34. The summed E-state index contributed by atoms with van der Waals surface area (Å²) in [5.74, 6) is 1.64. The molecule has 0 aliphatic rings. The largest absolute Gasteiger partial charge is 0.353 e. The van der Waals surface area contributed by atoms with Crippen molar-refractivity contribution in [1.29, 1.82) is 0 Å². The van der Waals surface area contributed by atoms with Gasteiger partial charge < -0.3 is 9.88 Å². The van der Waals surface area contributed by atoms with E-state index in [0.29, 0.717) is 6.04 Å². The van der Waals surface area contributed by atoms with Gasteiger partial charge in [-0.3, -0.25) is 4.21 Å². The van der Waals surface area contributed by atoms with Crippen molar-refractivity contribution in [3.63, 3.8) is 0 Å². The summed E-state index contributed by atoms with van der Waals surface area (Å²) in [6.07, 6.45) is 4.69. The summed E-state index contributed by atoms with van der Waals surface area (Å²) in [5.41, 5.74) is 1.02. The van der Waals surface area contributed by atoms with E-state index in [2.05, 4.69) is 41.8 Å². The minimum absolute atomic E-state index is 0.290. The molecule has 17 heavy (non-hydrogen) atoms. The number of anilines is 1. The minimum atomic E-state index is -0.720. The third-order valence-corrected chi connectivity index (χ3v) is 3.43. The summed E-state index contributed by atoms with van der Waals surface area (Å²) >= 11 is 0. The fourth-order valence-electron chi connectivity index (χ4n) is 1.65. The van der Waals surface area contributed by atoms with Crippen LogP contribution < -0.4 is 5.32 Å². The van der Waals surface area contributed by atoms with Crippen LogP contribution in [0.15, 0.2) is 6.20 Å². The molecule has 1 rings (SSSR count). The molecule has 1 aromatic rings. The molecule has 0 radical (unpaired) electrons. The van der Waals surface area contributed by atoms with E-state index < -0.39 is 10.8 Å². The van der Waals surface area contributed by atoms with E-state index in [9.17, 15) is 4.21 Å². The van der Waals surface area contributed by atoms with Crippen LogP contribution in [-0.4, -0.2) is 31.8 Å². The number of hydrogen-bond donors (Lipinski definition) is 1. The van der Waals surface area contributed by atoms with Gasteiger partial charge >= 0.3 is 0 Å². The number of rotatable bonds is 6. The molecule has 0 aliphatic carbocycles.